The summed E-state index contributed by atoms with van der Waals surface area (Å²) < 4.78 is 0. The lowest BCUT2D eigenvalue weighted by Gasteiger charge is -2.44. The SMILES string of the molecule is Cc1[nH]nc(-c2ccc(Cl)cc2)c1CC(=O)NC[C@@H]1CCCN2CCCC[C@H]12. The van der Waals surface area contributed by atoms with Crippen LogP contribution in [0.3, 0.4) is 0 Å². The fraction of sp³-hybridized carbons (Fsp3) is 0.545. The minimum absolute atomic E-state index is 0.0765. The first-order valence-electron chi connectivity index (χ1n) is 10.4. The molecule has 2 atom stereocenters. The smallest absolute Gasteiger partial charge is 0.224 e. The monoisotopic (exact) mass is 400 g/mol. The molecule has 0 saturated carbocycles. The molecule has 1 amide bonds. The molecule has 2 aliphatic rings. The number of nitrogens with zero attached hydrogens (tertiary/aromatic N) is 2. The van der Waals surface area contributed by atoms with Crippen LogP contribution in [0.5, 0.6) is 0 Å². The van der Waals surface area contributed by atoms with Gasteiger partial charge in [-0.2, -0.15) is 5.10 Å². The summed E-state index contributed by atoms with van der Waals surface area (Å²) in [6, 6.07) is 8.24. The average Bonchev–Trinajstić information content (AvgIpc) is 3.07. The van der Waals surface area contributed by atoms with Crippen LogP contribution < -0.4 is 5.32 Å². The Morgan fingerprint density at radius 2 is 2.00 bits per heavy atom. The van der Waals surface area contributed by atoms with E-state index >= 15 is 0 Å². The van der Waals surface area contributed by atoms with Crippen molar-refractivity contribution in [1.29, 1.82) is 0 Å². The van der Waals surface area contributed by atoms with Crippen LogP contribution in [0, 0.1) is 12.8 Å². The number of nitrogens with one attached hydrogen (secondary N) is 2. The third-order valence-corrected chi connectivity index (χ3v) is 6.57. The molecule has 2 saturated heterocycles. The van der Waals surface area contributed by atoms with Crippen molar-refractivity contribution in [2.45, 2.75) is 51.5 Å². The van der Waals surface area contributed by atoms with Gasteiger partial charge in [-0.05, 0) is 63.7 Å². The number of hydrogen-bond acceptors (Lipinski definition) is 3. The van der Waals surface area contributed by atoms with Crippen molar-refractivity contribution in [3.63, 3.8) is 0 Å². The van der Waals surface area contributed by atoms with E-state index in [0.29, 0.717) is 23.4 Å². The van der Waals surface area contributed by atoms with Crippen LogP contribution in [0.4, 0.5) is 0 Å². The van der Waals surface area contributed by atoms with Crippen LogP contribution in [-0.4, -0.2) is 46.7 Å². The Balaban J connectivity index is 1.39. The quantitative estimate of drug-likeness (QED) is 0.798. The van der Waals surface area contributed by atoms with Gasteiger partial charge in [-0.1, -0.05) is 30.2 Å². The third kappa shape index (κ3) is 4.26. The number of aromatic amines is 1. The maximum absolute atomic E-state index is 12.7. The number of piperidine rings is 2. The number of hydrogen-bond donors (Lipinski definition) is 2. The van der Waals surface area contributed by atoms with Crippen molar-refractivity contribution in [2.24, 2.45) is 5.92 Å². The molecule has 5 nitrogen and oxygen atoms in total. The van der Waals surface area contributed by atoms with Gasteiger partial charge in [-0.3, -0.25) is 9.89 Å². The largest absolute Gasteiger partial charge is 0.355 e. The van der Waals surface area contributed by atoms with Gasteiger partial charge in [-0.15, -0.1) is 0 Å². The number of aryl methyl sites for hydroxylation is 1. The average molecular weight is 401 g/mol. The number of halogens is 1. The Morgan fingerprint density at radius 1 is 1.21 bits per heavy atom. The van der Waals surface area contributed by atoms with Gasteiger partial charge in [0.2, 0.25) is 5.91 Å². The Bertz CT molecular complexity index is 814. The zero-order valence-electron chi connectivity index (χ0n) is 16.5. The molecule has 6 heteroatoms. The predicted octanol–water partition coefficient (Wildman–Crippen LogP) is 3.96. The first-order valence-corrected chi connectivity index (χ1v) is 10.8. The zero-order chi connectivity index (χ0) is 19.5. The minimum Gasteiger partial charge on any atom is -0.355 e. The van der Waals surface area contributed by atoms with Gasteiger partial charge in [0, 0.05) is 34.4 Å². The number of carbonyl (C=O) groups excluding carboxylic acids is 1. The van der Waals surface area contributed by atoms with E-state index in [1.807, 2.05) is 31.2 Å². The highest BCUT2D eigenvalue weighted by molar-refractivity contribution is 6.30. The van der Waals surface area contributed by atoms with Crippen molar-refractivity contribution in [3.8, 4) is 11.3 Å². The van der Waals surface area contributed by atoms with Gasteiger partial charge < -0.3 is 10.2 Å². The number of H-pyrrole nitrogens is 1. The topological polar surface area (TPSA) is 61.0 Å². The maximum atomic E-state index is 12.7. The van der Waals surface area contributed by atoms with Crippen molar-refractivity contribution in [2.75, 3.05) is 19.6 Å². The second-order valence-corrected chi connectivity index (χ2v) is 8.60. The number of carbonyl (C=O) groups is 1. The highest BCUT2D eigenvalue weighted by Gasteiger charge is 2.33. The molecular weight excluding hydrogens is 372 g/mol. The molecule has 0 bridgehead atoms. The molecule has 0 spiro atoms. The van der Waals surface area contributed by atoms with Crippen molar-refractivity contribution in [3.05, 3.63) is 40.5 Å². The fourth-order valence-electron chi connectivity index (χ4n) is 4.80. The van der Waals surface area contributed by atoms with Crippen LogP contribution in [0.1, 0.15) is 43.4 Å². The molecule has 2 fully saturated rings. The first-order chi connectivity index (χ1) is 13.6. The fourth-order valence-corrected chi connectivity index (χ4v) is 4.92. The van der Waals surface area contributed by atoms with Gasteiger partial charge in [0.1, 0.15) is 0 Å². The summed E-state index contributed by atoms with van der Waals surface area (Å²) in [6.45, 7) is 5.21. The van der Waals surface area contributed by atoms with Crippen LogP contribution in [0.15, 0.2) is 24.3 Å². The second-order valence-electron chi connectivity index (χ2n) is 8.16. The standard InChI is InChI=1S/C22H29ClN4O/c1-15-19(22(26-25-15)16-7-9-18(23)10-8-16)13-21(28)24-14-17-5-4-12-27-11-3-2-6-20(17)27/h7-10,17,20H,2-6,11-14H2,1H3,(H,24,28)(H,25,26)/t17-,20+/m0/s1. The molecule has 0 radical (unpaired) electrons. The van der Waals surface area contributed by atoms with Gasteiger partial charge in [0.05, 0.1) is 12.1 Å². The summed E-state index contributed by atoms with van der Waals surface area (Å²) in [5.41, 5.74) is 3.71. The zero-order valence-corrected chi connectivity index (χ0v) is 17.3. The van der Waals surface area contributed by atoms with Crippen molar-refractivity contribution < 1.29 is 4.79 Å². The van der Waals surface area contributed by atoms with Gasteiger partial charge >= 0.3 is 0 Å². The molecule has 2 aromatic rings. The van der Waals surface area contributed by atoms with E-state index in [4.69, 9.17) is 11.6 Å². The predicted molar refractivity (Wildman–Crippen MR) is 112 cm³/mol. The number of amides is 1. The Labute approximate surface area is 171 Å². The highest BCUT2D eigenvalue weighted by atomic mass is 35.5. The normalized spacial score (nSPS) is 22.6. The summed E-state index contributed by atoms with van der Waals surface area (Å²) in [4.78, 5) is 15.4. The van der Waals surface area contributed by atoms with E-state index in [2.05, 4.69) is 20.4 Å². The molecule has 4 rings (SSSR count). The molecule has 1 aromatic carbocycles. The molecule has 2 aliphatic heterocycles. The Morgan fingerprint density at radius 3 is 2.82 bits per heavy atom. The molecule has 3 heterocycles. The van der Waals surface area contributed by atoms with E-state index in [-0.39, 0.29) is 5.91 Å². The Hall–Kier alpha value is -1.85. The number of aromatic nitrogens is 2. The first kappa shape index (κ1) is 19.5. The van der Waals surface area contributed by atoms with Gasteiger partial charge in [-0.25, -0.2) is 0 Å². The summed E-state index contributed by atoms with van der Waals surface area (Å²) in [6.07, 6.45) is 6.75. The van der Waals surface area contributed by atoms with Crippen molar-refractivity contribution >= 4 is 17.5 Å². The molecular formula is C22H29ClN4O. The number of benzene rings is 1. The lowest BCUT2D eigenvalue weighted by atomic mass is 9.83. The third-order valence-electron chi connectivity index (χ3n) is 6.32. The summed E-state index contributed by atoms with van der Waals surface area (Å²) >= 11 is 6.00. The molecule has 150 valence electrons. The van der Waals surface area contributed by atoms with Crippen molar-refractivity contribution in [1.82, 2.24) is 20.4 Å². The van der Waals surface area contributed by atoms with E-state index in [1.54, 1.807) is 0 Å². The maximum Gasteiger partial charge on any atom is 0.224 e. The minimum atomic E-state index is 0.0765. The lowest BCUT2D eigenvalue weighted by Crippen LogP contribution is -2.51. The lowest BCUT2D eigenvalue weighted by molar-refractivity contribution is -0.120. The molecule has 28 heavy (non-hydrogen) atoms. The molecule has 0 aliphatic carbocycles. The highest BCUT2D eigenvalue weighted by Crippen LogP contribution is 2.30. The second kappa shape index (κ2) is 8.66. The van der Waals surface area contributed by atoms with Gasteiger partial charge in [0.15, 0.2) is 0 Å². The number of fused-ring (bicyclic) bond motifs is 1. The molecule has 1 aromatic heterocycles. The van der Waals surface area contributed by atoms with Gasteiger partial charge in [0.25, 0.3) is 0 Å². The van der Waals surface area contributed by atoms with E-state index in [9.17, 15) is 4.79 Å². The summed E-state index contributed by atoms with van der Waals surface area (Å²) in [5.74, 6) is 0.659. The van der Waals surface area contributed by atoms with E-state index < -0.39 is 0 Å². The van der Waals surface area contributed by atoms with Crippen LogP contribution >= 0.6 is 11.6 Å². The Kier molecular flexibility index (Phi) is 6.02. The molecule has 0 unspecified atom stereocenters. The number of rotatable bonds is 5. The summed E-state index contributed by atoms with van der Waals surface area (Å²) in [7, 11) is 0. The van der Waals surface area contributed by atoms with Crippen LogP contribution in [-0.2, 0) is 11.2 Å². The summed E-state index contributed by atoms with van der Waals surface area (Å²) in [5, 5.41) is 11.4. The van der Waals surface area contributed by atoms with Crippen LogP contribution in [0.2, 0.25) is 5.02 Å². The van der Waals surface area contributed by atoms with E-state index in [0.717, 1.165) is 29.1 Å². The van der Waals surface area contributed by atoms with E-state index in [1.165, 1.54) is 45.2 Å². The van der Waals surface area contributed by atoms with Crippen LogP contribution in [0.25, 0.3) is 11.3 Å². The molecule has 2 N–H and O–H groups in total.